The van der Waals surface area contributed by atoms with Gasteiger partial charge in [-0.25, -0.2) is 0 Å². The SMILES string of the molecule is COc1ccccc1N1CCC(CNC(=O)CCc2c[nH]c3c(C)cccc23)C1. The van der Waals surface area contributed by atoms with Crippen LogP contribution in [0.4, 0.5) is 5.69 Å². The largest absolute Gasteiger partial charge is 0.495 e. The van der Waals surface area contributed by atoms with Crippen LogP contribution in [-0.4, -0.2) is 37.6 Å². The Morgan fingerprint density at radius 2 is 2.10 bits per heavy atom. The van der Waals surface area contributed by atoms with Crippen LogP contribution in [0.1, 0.15) is 24.0 Å². The first kappa shape index (κ1) is 19.4. The highest BCUT2D eigenvalue weighted by molar-refractivity contribution is 5.86. The van der Waals surface area contributed by atoms with E-state index in [0.717, 1.165) is 43.9 Å². The van der Waals surface area contributed by atoms with E-state index >= 15 is 0 Å². The topological polar surface area (TPSA) is 57.4 Å². The fourth-order valence-electron chi connectivity index (χ4n) is 4.27. The molecule has 1 aliphatic rings. The number of methoxy groups -OCH3 is 1. The molecule has 0 bridgehead atoms. The maximum Gasteiger partial charge on any atom is 0.220 e. The van der Waals surface area contributed by atoms with E-state index < -0.39 is 0 Å². The number of carbonyl (C=O) groups is 1. The lowest BCUT2D eigenvalue weighted by atomic mass is 10.1. The van der Waals surface area contributed by atoms with Crippen LogP contribution >= 0.6 is 0 Å². The molecule has 4 rings (SSSR count). The van der Waals surface area contributed by atoms with Gasteiger partial charge < -0.3 is 19.9 Å². The van der Waals surface area contributed by atoms with Gasteiger partial charge in [-0.1, -0.05) is 30.3 Å². The molecule has 1 saturated heterocycles. The summed E-state index contributed by atoms with van der Waals surface area (Å²) in [5, 5.41) is 4.36. The van der Waals surface area contributed by atoms with E-state index in [0.29, 0.717) is 12.3 Å². The van der Waals surface area contributed by atoms with Crippen LogP contribution in [0.2, 0.25) is 0 Å². The number of amides is 1. The number of rotatable bonds is 7. The Morgan fingerprint density at radius 3 is 2.97 bits per heavy atom. The van der Waals surface area contributed by atoms with Crippen molar-refractivity contribution in [3.8, 4) is 5.75 Å². The molecule has 1 aromatic heterocycles. The molecule has 3 aromatic rings. The number of para-hydroxylation sites is 3. The van der Waals surface area contributed by atoms with E-state index in [1.807, 2.05) is 24.4 Å². The number of aryl methyl sites for hydroxylation is 2. The standard InChI is InChI=1S/C24H29N3O2/c1-17-6-5-7-20-19(15-26-24(17)20)10-11-23(28)25-14-18-12-13-27(16-18)21-8-3-4-9-22(21)29-2/h3-9,15,18,26H,10-14,16H2,1-2H3,(H,25,28). The number of benzene rings is 2. The van der Waals surface area contributed by atoms with Crippen molar-refractivity contribution >= 4 is 22.5 Å². The Hall–Kier alpha value is -2.95. The number of anilines is 1. The number of H-pyrrole nitrogens is 1. The fraction of sp³-hybridized carbons (Fsp3) is 0.375. The molecule has 0 radical (unpaired) electrons. The molecule has 1 amide bonds. The number of fused-ring (bicyclic) bond motifs is 1. The van der Waals surface area contributed by atoms with E-state index in [9.17, 15) is 4.79 Å². The first-order valence-electron chi connectivity index (χ1n) is 10.4. The number of hydrogen-bond acceptors (Lipinski definition) is 3. The molecular weight excluding hydrogens is 362 g/mol. The number of aromatic amines is 1. The normalized spacial score (nSPS) is 16.3. The van der Waals surface area contributed by atoms with E-state index in [4.69, 9.17) is 4.74 Å². The molecule has 0 spiro atoms. The van der Waals surface area contributed by atoms with Gasteiger partial charge >= 0.3 is 0 Å². The molecule has 2 heterocycles. The summed E-state index contributed by atoms with van der Waals surface area (Å²) in [7, 11) is 1.71. The summed E-state index contributed by atoms with van der Waals surface area (Å²) in [5.41, 5.74) is 4.75. The monoisotopic (exact) mass is 391 g/mol. The van der Waals surface area contributed by atoms with Crippen molar-refractivity contribution in [1.29, 1.82) is 0 Å². The van der Waals surface area contributed by atoms with Crippen LogP contribution in [0.25, 0.3) is 10.9 Å². The third-order valence-electron chi connectivity index (χ3n) is 5.93. The second kappa shape index (κ2) is 8.60. The lowest BCUT2D eigenvalue weighted by Crippen LogP contribution is -2.31. The summed E-state index contributed by atoms with van der Waals surface area (Å²) in [6, 6.07) is 14.4. The Balaban J connectivity index is 1.26. The minimum absolute atomic E-state index is 0.128. The van der Waals surface area contributed by atoms with Gasteiger partial charge in [0.05, 0.1) is 12.8 Å². The predicted octanol–water partition coefficient (Wildman–Crippen LogP) is 4.06. The molecule has 5 heteroatoms. The van der Waals surface area contributed by atoms with Crippen molar-refractivity contribution in [3.63, 3.8) is 0 Å². The molecule has 2 aromatic carbocycles. The van der Waals surface area contributed by atoms with Crippen LogP contribution in [0.3, 0.4) is 0 Å². The zero-order chi connectivity index (χ0) is 20.2. The van der Waals surface area contributed by atoms with Gasteiger partial charge in [0.15, 0.2) is 0 Å². The zero-order valence-corrected chi connectivity index (χ0v) is 17.2. The second-order valence-corrected chi connectivity index (χ2v) is 7.89. The maximum absolute atomic E-state index is 12.4. The summed E-state index contributed by atoms with van der Waals surface area (Å²) in [5.74, 6) is 1.51. The molecule has 2 N–H and O–H groups in total. The van der Waals surface area contributed by atoms with Crippen LogP contribution < -0.4 is 15.0 Å². The van der Waals surface area contributed by atoms with E-state index in [1.165, 1.54) is 22.0 Å². The van der Waals surface area contributed by atoms with Gasteiger partial charge in [0, 0.05) is 43.2 Å². The third-order valence-corrected chi connectivity index (χ3v) is 5.93. The van der Waals surface area contributed by atoms with Crippen molar-refractivity contribution in [2.75, 3.05) is 31.6 Å². The van der Waals surface area contributed by atoms with Gasteiger partial charge in [0.2, 0.25) is 5.91 Å². The molecule has 0 saturated carbocycles. The van der Waals surface area contributed by atoms with E-state index in [-0.39, 0.29) is 5.91 Å². The number of ether oxygens (including phenoxy) is 1. The number of carbonyl (C=O) groups excluding carboxylic acids is 1. The van der Waals surface area contributed by atoms with E-state index in [1.54, 1.807) is 7.11 Å². The predicted molar refractivity (Wildman–Crippen MR) is 118 cm³/mol. The van der Waals surface area contributed by atoms with Gasteiger partial charge in [-0.3, -0.25) is 4.79 Å². The number of nitrogens with zero attached hydrogens (tertiary/aromatic N) is 1. The Labute approximate surface area is 172 Å². The van der Waals surface area contributed by atoms with Crippen molar-refractivity contribution < 1.29 is 9.53 Å². The summed E-state index contributed by atoms with van der Waals surface area (Å²) in [6.45, 7) is 4.78. The maximum atomic E-state index is 12.4. The zero-order valence-electron chi connectivity index (χ0n) is 17.2. The smallest absolute Gasteiger partial charge is 0.220 e. The van der Waals surface area contributed by atoms with Crippen molar-refractivity contribution in [2.24, 2.45) is 5.92 Å². The lowest BCUT2D eigenvalue weighted by Gasteiger charge is -2.21. The average Bonchev–Trinajstić information content (AvgIpc) is 3.38. The van der Waals surface area contributed by atoms with Crippen molar-refractivity contribution in [3.05, 3.63) is 59.8 Å². The first-order valence-corrected chi connectivity index (χ1v) is 10.4. The summed E-state index contributed by atoms with van der Waals surface area (Å²) in [6.07, 6.45) is 4.39. The van der Waals surface area contributed by atoms with Gasteiger partial charge in [0.25, 0.3) is 0 Å². The minimum atomic E-state index is 0.128. The molecule has 5 nitrogen and oxygen atoms in total. The highest BCUT2D eigenvalue weighted by Crippen LogP contribution is 2.31. The van der Waals surface area contributed by atoms with Gasteiger partial charge in [-0.15, -0.1) is 0 Å². The molecule has 1 unspecified atom stereocenters. The molecule has 1 aliphatic heterocycles. The van der Waals surface area contributed by atoms with Crippen molar-refractivity contribution in [1.82, 2.24) is 10.3 Å². The molecule has 0 aliphatic carbocycles. The molecular formula is C24H29N3O2. The highest BCUT2D eigenvalue weighted by atomic mass is 16.5. The highest BCUT2D eigenvalue weighted by Gasteiger charge is 2.24. The number of nitrogens with one attached hydrogen (secondary N) is 2. The lowest BCUT2D eigenvalue weighted by molar-refractivity contribution is -0.121. The quantitative estimate of drug-likeness (QED) is 0.639. The molecule has 29 heavy (non-hydrogen) atoms. The average molecular weight is 392 g/mol. The summed E-state index contributed by atoms with van der Waals surface area (Å²) < 4.78 is 5.48. The van der Waals surface area contributed by atoms with Crippen LogP contribution in [0, 0.1) is 12.8 Å². The Kier molecular flexibility index (Phi) is 5.74. The summed E-state index contributed by atoms with van der Waals surface area (Å²) >= 11 is 0. The Bertz CT molecular complexity index is 995. The Morgan fingerprint density at radius 1 is 1.24 bits per heavy atom. The summed E-state index contributed by atoms with van der Waals surface area (Å²) in [4.78, 5) is 18.1. The fourth-order valence-corrected chi connectivity index (χ4v) is 4.27. The molecule has 1 fully saturated rings. The number of hydrogen-bond donors (Lipinski definition) is 2. The van der Waals surface area contributed by atoms with Crippen LogP contribution in [-0.2, 0) is 11.2 Å². The van der Waals surface area contributed by atoms with Crippen molar-refractivity contribution in [2.45, 2.75) is 26.2 Å². The van der Waals surface area contributed by atoms with Gasteiger partial charge in [-0.2, -0.15) is 0 Å². The van der Waals surface area contributed by atoms with Crippen LogP contribution in [0.15, 0.2) is 48.7 Å². The van der Waals surface area contributed by atoms with Gasteiger partial charge in [0.1, 0.15) is 5.75 Å². The second-order valence-electron chi connectivity index (χ2n) is 7.89. The minimum Gasteiger partial charge on any atom is -0.495 e. The van der Waals surface area contributed by atoms with Gasteiger partial charge in [-0.05, 0) is 48.9 Å². The molecule has 1 atom stereocenters. The third kappa shape index (κ3) is 4.24. The number of aromatic nitrogens is 1. The molecule has 152 valence electrons. The van der Waals surface area contributed by atoms with Crippen LogP contribution in [0.5, 0.6) is 5.75 Å². The van der Waals surface area contributed by atoms with E-state index in [2.05, 4.69) is 46.4 Å². The first-order chi connectivity index (χ1) is 14.2.